The van der Waals surface area contributed by atoms with Gasteiger partial charge in [0, 0.05) is 18.2 Å². The van der Waals surface area contributed by atoms with Crippen molar-refractivity contribution in [2.45, 2.75) is 25.4 Å². The van der Waals surface area contributed by atoms with E-state index in [4.69, 9.17) is 16.9 Å². The summed E-state index contributed by atoms with van der Waals surface area (Å²) in [4.78, 5) is 3.72. The number of pyridine rings is 1. The molecule has 0 bridgehead atoms. The van der Waals surface area contributed by atoms with Crippen molar-refractivity contribution < 1.29 is 13.5 Å². The Balaban J connectivity index is 2.23. The van der Waals surface area contributed by atoms with Crippen LogP contribution in [0.1, 0.15) is 24.3 Å². The van der Waals surface area contributed by atoms with E-state index in [0.717, 1.165) is 6.42 Å². The number of alkyl halides is 2. The molecule has 1 saturated carbocycles. The molecule has 2 rings (SSSR count). The van der Waals surface area contributed by atoms with Crippen molar-refractivity contribution in [3.63, 3.8) is 0 Å². The van der Waals surface area contributed by atoms with Crippen molar-refractivity contribution in [2.24, 2.45) is 5.92 Å². The zero-order valence-corrected chi connectivity index (χ0v) is 9.49. The zero-order chi connectivity index (χ0) is 12.4. The van der Waals surface area contributed by atoms with Crippen LogP contribution >= 0.6 is 11.6 Å². The summed E-state index contributed by atoms with van der Waals surface area (Å²) < 4.78 is 28.9. The van der Waals surface area contributed by atoms with Gasteiger partial charge in [-0.2, -0.15) is 14.0 Å². The quantitative estimate of drug-likeness (QED) is 0.778. The van der Waals surface area contributed by atoms with Gasteiger partial charge in [-0.05, 0) is 24.3 Å². The Hall–Kier alpha value is -1.41. The van der Waals surface area contributed by atoms with Gasteiger partial charge in [-0.25, -0.2) is 4.98 Å². The molecule has 1 fully saturated rings. The van der Waals surface area contributed by atoms with Crippen molar-refractivity contribution in [3.05, 3.63) is 23.0 Å². The summed E-state index contributed by atoms with van der Waals surface area (Å²) in [5.74, 6) is 0.219. The topological polar surface area (TPSA) is 45.9 Å². The van der Waals surface area contributed by atoms with Gasteiger partial charge >= 0.3 is 6.61 Å². The summed E-state index contributed by atoms with van der Waals surface area (Å²) in [5.41, 5.74) is 0.616. The van der Waals surface area contributed by atoms with Crippen LogP contribution in [0.4, 0.5) is 8.78 Å². The predicted molar refractivity (Wildman–Crippen MR) is 57.0 cm³/mol. The summed E-state index contributed by atoms with van der Waals surface area (Å²) >= 11 is 5.74. The minimum absolute atomic E-state index is 0.0605. The van der Waals surface area contributed by atoms with E-state index in [2.05, 4.69) is 15.8 Å². The monoisotopic (exact) mass is 258 g/mol. The van der Waals surface area contributed by atoms with Crippen LogP contribution in [0.3, 0.4) is 0 Å². The molecule has 0 N–H and O–H groups in total. The van der Waals surface area contributed by atoms with E-state index in [9.17, 15) is 8.78 Å². The minimum Gasteiger partial charge on any atom is -0.431 e. The molecule has 0 aliphatic heterocycles. The lowest BCUT2D eigenvalue weighted by Gasteiger charge is -2.11. The second-order valence-corrected chi connectivity index (χ2v) is 4.22. The summed E-state index contributed by atoms with van der Waals surface area (Å²) in [5, 5.41) is 8.51. The molecule has 0 spiro atoms. The molecule has 2 atom stereocenters. The van der Waals surface area contributed by atoms with E-state index in [1.165, 1.54) is 6.20 Å². The average Bonchev–Trinajstić information content (AvgIpc) is 3.00. The number of ether oxygens (including phenoxy) is 1. The van der Waals surface area contributed by atoms with Gasteiger partial charge in [-0.1, -0.05) is 11.6 Å². The Morgan fingerprint density at radius 2 is 2.41 bits per heavy atom. The van der Waals surface area contributed by atoms with Gasteiger partial charge in [0.2, 0.25) is 0 Å². The fourth-order valence-electron chi connectivity index (χ4n) is 1.91. The molecule has 3 nitrogen and oxygen atoms in total. The number of hydrogen-bond acceptors (Lipinski definition) is 3. The SMILES string of the molecule is N#CCC1CC1c1ccnc(Cl)c1OC(F)F. The highest BCUT2D eigenvalue weighted by molar-refractivity contribution is 6.30. The first-order valence-electron chi connectivity index (χ1n) is 5.09. The van der Waals surface area contributed by atoms with Gasteiger partial charge in [-0.15, -0.1) is 0 Å². The van der Waals surface area contributed by atoms with Gasteiger partial charge in [0.15, 0.2) is 10.9 Å². The Morgan fingerprint density at radius 1 is 1.65 bits per heavy atom. The van der Waals surface area contributed by atoms with Crippen molar-refractivity contribution >= 4 is 11.6 Å². The summed E-state index contributed by atoms with van der Waals surface area (Å²) in [6.45, 7) is -2.93. The van der Waals surface area contributed by atoms with Crippen molar-refractivity contribution in [3.8, 4) is 11.8 Å². The molecule has 0 amide bonds. The fraction of sp³-hybridized carbons (Fsp3) is 0.455. The first kappa shape index (κ1) is 12.1. The highest BCUT2D eigenvalue weighted by Crippen LogP contribution is 2.53. The number of rotatable bonds is 4. The van der Waals surface area contributed by atoms with E-state index in [1.807, 2.05) is 0 Å². The molecular formula is C11H9ClF2N2O. The number of nitriles is 1. The molecule has 1 aliphatic rings. The molecule has 90 valence electrons. The van der Waals surface area contributed by atoms with Crippen LogP contribution in [0.5, 0.6) is 5.75 Å². The fourth-order valence-corrected chi connectivity index (χ4v) is 2.12. The first-order chi connectivity index (χ1) is 8.13. The Morgan fingerprint density at radius 3 is 3.06 bits per heavy atom. The van der Waals surface area contributed by atoms with Crippen LogP contribution in [0.2, 0.25) is 5.15 Å². The van der Waals surface area contributed by atoms with Gasteiger partial charge in [0.05, 0.1) is 6.07 Å². The van der Waals surface area contributed by atoms with Gasteiger partial charge in [-0.3, -0.25) is 0 Å². The Labute approximate surface area is 102 Å². The Kier molecular flexibility index (Phi) is 3.43. The van der Waals surface area contributed by atoms with Crippen LogP contribution in [0.25, 0.3) is 0 Å². The molecular weight excluding hydrogens is 250 g/mol. The third-order valence-corrected chi connectivity index (χ3v) is 3.04. The standard InChI is InChI=1S/C11H9ClF2N2O/c12-10-9(17-11(13)14)7(2-4-16-10)8-5-6(8)1-3-15/h2,4,6,8,11H,1,5H2. The van der Waals surface area contributed by atoms with Crippen LogP contribution < -0.4 is 4.74 Å². The van der Waals surface area contributed by atoms with E-state index >= 15 is 0 Å². The molecule has 17 heavy (non-hydrogen) atoms. The molecule has 1 heterocycles. The van der Waals surface area contributed by atoms with Gasteiger partial charge in [0.25, 0.3) is 0 Å². The average molecular weight is 259 g/mol. The maximum absolute atomic E-state index is 12.2. The highest BCUT2D eigenvalue weighted by Gasteiger charge is 2.40. The molecule has 1 aromatic heterocycles. The molecule has 1 aromatic rings. The number of halogens is 3. The van der Waals surface area contributed by atoms with Crippen molar-refractivity contribution in [2.75, 3.05) is 0 Å². The zero-order valence-electron chi connectivity index (χ0n) is 8.74. The summed E-state index contributed by atoms with van der Waals surface area (Å²) in [6, 6.07) is 3.68. The maximum Gasteiger partial charge on any atom is 0.387 e. The Bertz CT molecular complexity index is 461. The largest absolute Gasteiger partial charge is 0.431 e. The number of aromatic nitrogens is 1. The molecule has 0 radical (unpaired) electrons. The van der Waals surface area contributed by atoms with E-state index in [1.54, 1.807) is 6.07 Å². The van der Waals surface area contributed by atoms with Crippen LogP contribution in [0, 0.1) is 17.2 Å². The normalized spacial score (nSPS) is 22.3. The smallest absolute Gasteiger partial charge is 0.387 e. The summed E-state index contributed by atoms with van der Waals surface area (Å²) in [6.07, 6.45) is 2.67. The van der Waals surface area contributed by atoms with E-state index < -0.39 is 6.61 Å². The van der Waals surface area contributed by atoms with E-state index in [0.29, 0.717) is 12.0 Å². The third-order valence-electron chi connectivity index (χ3n) is 2.77. The molecule has 6 heteroatoms. The number of nitrogens with zero attached hydrogens (tertiary/aromatic N) is 2. The molecule has 1 aliphatic carbocycles. The van der Waals surface area contributed by atoms with Gasteiger partial charge < -0.3 is 4.74 Å². The van der Waals surface area contributed by atoms with Crippen molar-refractivity contribution in [1.82, 2.24) is 4.98 Å². The lowest BCUT2D eigenvalue weighted by molar-refractivity contribution is -0.0506. The van der Waals surface area contributed by atoms with Crippen LogP contribution in [0.15, 0.2) is 12.3 Å². The molecule has 0 aromatic carbocycles. The maximum atomic E-state index is 12.2. The van der Waals surface area contributed by atoms with Gasteiger partial charge in [0.1, 0.15) is 0 Å². The molecule has 0 saturated heterocycles. The van der Waals surface area contributed by atoms with Crippen molar-refractivity contribution in [1.29, 1.82) is 5.26 Å². The van der Waals surface area contributed by atoms with E-state index in [-0.39, 0.29) is 22.7 Å². The lowest BCUT2D eigenvalue weighted by Crippen LogP contribution is -2.05. The minimum atomic E-state index is -2.93. The van der Waals surface area contributed by atoms with Crippen LogP contribution in [-0.4, -0.2) is 11.6 Å². The third kappa shape index (κ3) is 2.64. The predicted octanol–water partition coefficient (Wildman–Crippen LogP) is 3.35. The lowest BCUT2D eigenvalue weighted by atomic mass is 10.1. The molecule has 2 unspecified atom stereocenters. The highest BCUT2D eigenvalue weighted by atomic mass is 35.5. The second-order valence-electron chi connectivity index (χ2n) is 3.86. The summed E-state index contributed by atoms with van der Waals surface area (Å²) in [7, 11) is 0. The van der Waals surface area contributed by atoms with Crippen LogP contribution in [-0.2, 0) is 0 Å². The number of hydrogen-bond donors (Lipinski definition) is 0. The second kappa shape index (κ2) is 4.84. The first-order valence-corrected chi connectivity index (χ1v) is 5.47.